The molecular formula is C14H20N2O2. The molecule has 0 spiro atoms. The molecule has 1 aromatic rings. The van der Waals surface area contributed by atoms with Crippen molar-refractivity contribution in [1.29, 1.82) is 0 Å². The lowest BCUT2D eigenvalue weighted by Crippen LogP contribution is -2.49. The van der Waals surface area contributed by atoms with E-state index >= 15 is 0 Å². The second-order valence-electron chi connectivity index (χ2n) is 5.36. The molecule has 2 N–H and O–H groups in total. The largest absolute Gasteiger partial charge is 0.485 e. The van der Waals surface area contributed by atoms with Crippen LogP contribution in [0.1, 0.15) is 13.3 Å². The Morgan fingerprint density at radius 1 is 1.44 bits per heavy atom. The lowest BCUT2D eigenvalue weighted by molar-refractivity contribution is 0.154. The summed E-state index contributed by atoms with van der Waals surface area (Å²) in [5.41, 5.74) is 1.20. The molecule has 0 saturated carbocycles. The third-order valence-electron chi connectivity index (χ3n) is 3.68. The highest BCUT2D eigenvalue weighted by Crippen LogP contribution is 2.28. The van der Waals surface area contributed by atoms with Crippen LogP contribution in [-0.4, -0.2) is 37.9 Å². The van der Waals surface area contributed by atoms with E-state index in [2.05, 4.69) is 17.6 Å². The second-order valence-corrected chi connectivity index (χ2v) is 5.36. The summed E-state index contributed by atoms with van der Waals surface area (Å²) in [5, 5.41) is 6.97. The number of anilines is 1. The van der Waals surface area contributed by atoms with Crippen LogP contribution in [0.3, 0.4) is 0 Å². The van der Waals surface area contributed by atoms with Gasteiger partial charge in [-0.1, -0.05) is 12.1 Å². The molecule has 1 saturated heterocycles. The molecule has 0 amide bonds. The van der Waals surface area contributed by atoms with Gasteiger partial charge in [0.05, 0.1) is 18.8 Å². The molecule has 2 aliphatic rings. The maximum absolute atomic E-state index is 5.97. The number of para-hydroxylation sites is 2. The molecule has 0 radical (unpaired) electrons. The number of ether oxygens (including phenoxy) is 2. The number of rotatable bonds is 3. The van der Waals surface area contributed by atoms with Gasteiger partial charge in [-0.15, -0.1) is 0 Å². The Morgan fingerprint density at radius 2 is 2.33 bits per heavy atom. The van der Waals surface area contributed by atoms with Gasteiger partial charge < -0.3 is 20.1 Å². The van der Waals surface area contributed by atoms with Crippen molar-refractivity contribution in [3.63, 3.8) is 0 Å². The molecule has 0 aromatic heterocycles. The van der Waals surface area contributed by atoms with E-state index in [0.29, 0.717) is 0 Å². The molecule has 98 valence electrons. The minimum absolute atomic E-state index is 0.111. The lowest BCUT2D eigenvalue weighted by atomic mass is 10.0. The number of nitrogens with one attached hydrogen (secondary N) is 2. The van der Waals surface area contributed by atoms with Crippen LogP contribution >= 0.6 is 0 Å². The Labute approximate surface area is 108 Å². The lowest BCUT2D eigenvalue weighted by Gasteiger charge is -2.31. The van der Waals surface area contributed by atoms with E-state index in [1.165, 1.54) is 0 Å². The van der Waals surface area contributed by atoms with Crippen LogP contribution in [-0.2, 0) is 4.74 Å². The van der Waals surface area contributed by atoms with Crippen molar-refractivity contribution in [1.82, 2.24) is 5.32 Å². The Morgan fingerprint density at radius 3 is 3.17 bits per heavy atom. The van der Waals surface area contributed by atoms with Gasteiger partial charge >= 0.3 is 0 Å². The van der Waals surface area contributed by atoms with Crippen molar-refractivity contribution < 1.29 is 9.47 Å². The quantitative estimate of drug-likeness (QED) is 0.853. The number of hydrogen-bond acceptors (Lipinski definition) is 4. The average Bonchev–Trinajstić information content (AvgIpc) is 2.84. The monoisotopic (exact) mass is 248 g/mol. The SMILES string of the molecule is CC1(NCC2CNc3ccccc3O2)CCOC1. The molecule has 2 heterocycles. The van der Waals surface area contributed by atoms with Crippen LogP contribution in [0.5, 0.6) is 5.75 Å². The summed E-state index contributed by atoms with van der Waals surface area (Å²) in [4.78, 5) is 0. The summed E-state index contributed by atoms with van der Waals surface area (Å²) in [7, 11) is 0. The highest BCUT2D eigenvalue weighted by atomic mass is 16.5. The van der Waals surface area contributed by atoms with E-state index < -0.39 is 0 Å². The summed E-state index contributed by atoms with van der Waals surface area (Å²) in [6.45, 7) is 5.56. The topological polar surface area (TPSA) is 42.5 Å². The average molecular weight is 248 g/mol. The van der Waals surface area contributed by atoms with Gasteiger partial charge in [-0.05, 0) is 25.5 Å². The predicted octanol–water partition coefficient (Wildman–Crippen LogP) is 1.63. The molecule has 2 atom stereocenters. The first-order chi connectivity index (χ1) is 8.75. The molecule has 4 heteroatoms. The van der Waals surface area contributed by atoms with Crippen LogP contribution in [0, 0.1) is 0 Å². The zero-order chi connectivity index (χ0) is 12.4. The minimum Gasteiger partial charge on any atom is -0.485 e. The van der Waals surface area contributed by atoms with Crippen molar-refractivity contribution in [2.75, 3.05) is 31.6 Å². The van der Waals surface area contributed by atoms with Gasteiger partial charge in [-0.25, -0.2) is 0 Å². The Balaban J connectivity index is 1.56. The second kappa shape index (κ2) is 4.78. The van der Waals surface area contributed by atoms with Gasteiger partial charge in [0.2, 0.25) is 0 Å². The smallest absolute Gasteiger partial charge is 0.142 e. The predicted molar refractivity (Wildman–Crippen MR) is 71.2 cm³/mol. The zero-order valence-electron chi connectivity index (χ0n) is 10.7. The third kappa shape index (κ3) is 2.44. The van der Waals surface area contributed by atoms with E-state index in [9.17, 15) is 0 Å². The molecule has 0 bridgehead atoms. The third-order valence-corrected chi connectivity index (χ3v) is 3.68. The van der Waals surface area contributed by atoms with Gasteiger partial charge in [0.15, 0.2) is 0 Å². The number of fused-ring (bicyclic) bond motifs is 1. The zero-order valence-corrected chi connectivity index (χ0v) is 10.7. The van der Waals surface area contributed by atoms with E-state index in [-0.39, 0.29) is 11.6 Å². The number of hydrogen-bond donors (Lipinski definition) is 2. The van der Waals surface area contributed by atoms with Gasteiger partial charge in [-0.2, -0.15) is 0 Å². The normalized spacial score (nSPS) is 30.4. The van der Waals surface area contributed by atoms with E-state index in [4.69, 9.17) is 9.47 Å². The van der Waals surface area contributed by atoms with Gasteiger partial charge in [-0.3, -0.25) is 0 Å². The molecule has 18 heavy (non-hydrogen) atoms. The van der Waals surface area contributed by atoms with Crippen molar-refractivity contribution in [2.24, 2.45) is 0 Å². The van der Waals surface area contributed by atoms with Crippen molar-refractivity contribution >= 4 is 5.69 Å². The maximum Gasteiger partial charge on any atom is 0.142 e. The fourth-order valence-electron chi connectivity index (χ4n) is 2.44. The van der Waals surface area contributed by atoms with Crippen LogP contribution in [0.15, 0.2) is 24.3 Å². The summed E-state index contributed by atoms with van der Waals surface area (Å²) < 4.78 is 11.4. The molecule has 2 aliphatic heterocycles. The first-order valence-corrected chi connectivity index (χ1v) is 6.58. The Bertz CT molecular complexity index is 416. The van der Waals surface area contributed by atoms with E-state index in [1.807, 2.05) is 24.3 Å². The Hall–Kier alpha value is -1.26. The first kappa shape index (κ1) is 11.8. The molecule has 1 fully saturated rings. The highest BCUT2D eigenvalue weighted by molar-refractivity contribution is 5.57. The van der Waals surface area contributed by atoms with Crippen LogP contribution in [0.2, 0.25) is 0 Å². The van der Waals surface area contributed by atoms with E-state index in [1.54, 1.807) is 0 Å². The summed E-state index contributed by atoms with van der Waals surface area (Å²) >= 11 is 0. The number of benzene rings is 1. The molecule has 4 nitrogen and oxygen atoms in total. The van der Waals surface area contributed by atoms with Gasteiger partial charge in [0.25, 0.3) is 0 Å². The van der Waals surface area contributed by atoms with Crippen LogP contribution in [0.25, 0.3) is 0 Å². The van der Waals surface area contributed by atoms with Crippen molar-refractivity contribution in [2.45, 2.75) is 25.0 Å². The molecule has 3 rings (SSSR count). The fraction of sp³-hybridized carbons (Fsp3) is 0.571. The van der Waals surface area contributed by atoms with Crippen molar-refractivity contribution in [3.05, 3.63) is 24.3 Å². The summed E-state index contributed by atoms with van der Waals surface area (Å²) in [6, 6.07) is 8.08. The Kier molecular flexibility index (Phi) is 3.14. The molecule has 0 aliphatic carbocycles. The first-order valence-electron chi connectivity index (χ1n) is 6.58. The standard InChI is InChI=1S/C14H20N2O2/c1-14(6-7-17-10-14)16-9-11-8-15-12-4-2-3-5-13(12)18-11/h2-5,11,15-16H,6-10H2,1H3. The summed E-state index contributed by atoms with van der Waals surface area (Å²) in [5.74, 6) is 0.948. The molecule has 2 unspecified atom stereocenters. The summed E-state index contributed by atoms with van der Waals surface area (Å²) in [6.07, 6.45) is 1.25. The highest BCUT2D eigenvalue weighted by Gasteiger charge is 2.30. The fourth-order valence-corrected chi connectivity index (χ4v) is 2.44. The van der Waals surface area contributed by atoms with Gasteiger partial charge in [0.1, 0.15) is 11.9 Å². The maximum atomic E-state index is 5.97. The van der Waals surface area contributed by atoms with Crippen LogP contribution in [0.4, 0.5) is 5.69 Å². The molecule has 1 aromatic carbocycles. The van der Waals surface area contributed by atoms with Crippen LogP contribution < -0.4 is 15.4 Å². The van der Waals surface area contributed by atoms with E-state index in [0.717, 1.165) is 44.2 Å². The van der Waals surface area contributed by atoms with Gasteiger partial charge in [0, 0.05) is 18.7 Å². The van der Waals surface area contributed by atoms with Crippen molar-refractivity contribution in [3.8, 4) is 5.75 Å². The molecular weight excluding hydrogens is 228 g/mol. The minimum atomic E-state index is 0.111.